The molecule has 0 saturated carbocycles. The van der Waals surface area contributed by atoms with Gasteiger partial charge in [-0.25, -0.2) is 4.99 Å². The summed E-state index contributed by atoms with van der Waals surface area (Å²) in [5.74, 6) is 0.817. The van der Waals surface area contributed by atoms with Gasteiger partial charge in [0.05, 0.1) is 13.7 Å². The Morgan fingerprint density at radius 2 is 2.12 bits per heavy atom. The fraction of sp³-hybridized carbons (Fsp3) is 0.263. The van der Waals surface area contributed by atoms with E-state index in [0.717, 1.165) is 27.6 Å². The first-order valence-electron chi connectivity index (χ1n) is 7.99. The standard InChI is InChI=1S/C19H19BrN2O2S/c1-13-11-22(12-17(23)14-6-5-7-15(20)10-14)19(25-13)21-16-8-3-4-9-18(16)24-2/h3-10,13H,11-12H2,1-2H3/t13-/m0/s1. The summed E-state index contributed by atoms with van der Waals surface area (Å²) in [4.78, 5) is 19.4. The number of rotatable bonds is 5. The fourth-order valence-electron chi connectivity index (χ4n) is 2.66. The smallest absolute Gasteiger partial charge is 0.182 e. The molecule has 1 atom stereocenters. The molecule has 0 radical (unpaired) electrons. The molecule has 2 aromatic carbocycles. The number of methoxy groups -OCH3 is 1. The predicted molar refractivity (Wildman–Crippen MR) is 107 cm³/mol. The van der Waals surface area contributed by atoms with Gasteiger partial charge in [-0.3, -0.25) is 4.79 Å². The zero-order valence-electron chi connectivity index (χ0n) is 14.1. The Morgan fingerprint density at radius 3 is 2.88 bits per heavy atom. The maximum atomic E-state index is 12.6. The van der Waals surface area contributed by atoms with Crippen molar-refractivity contribution in [1.82, 2.24) is 4.90 Å². The molecule has 1 saturated heterocycles. The van der Waals surface area contributed by atoms with E-state index >= 15 is 0 Å². The van der Waals surface area contributed by atoms with E-state index in [1.807, 2.05) is 53.4 Å². The molecule has 25 heavy (non-hydrogen) atoms. The van der Waals surface area contributed by atoms with Gasteiger partial charge in [-0.15, -0.1) is 0 Å². The van der Waals surface area contributed by atoms with Crippen molar-refractivity contribution in [2.24, 2.45) is 4.99 Å². The van der Waals surface area contributed by atoms with E-state index in [9.17, 15) is 4.79 Å². The minimum Gasteiger partial charge on any atom is -0.494 e. The summed E-state index contributed by atoms with van der Waals surface area (Å²) >= 11 is 5.10. The molecule has 0 aromatic heterocycles. The Morgan fingerprint density at radius 1 is 1.32 bits per heavy atom. The lowest BCUT2D eigenvalue weighted by Gasteiger charge is -2.17. The minimum atomic E-state index is 0.0868. The monoisotopic (exact) mass is 418 g/mol. The number of carbonyl (C=O) groups excluding carboxylic acids is 1. The van der Waals surface area contributed by atoms with Gasteiger partial charge in [0.2, 0.25) is 0 Å². The van der Waals surface area contributed by atoms with Crippen LogP contribution in [0, 0.1) is 0 Å². The van der Waals surface area contributed by atoms with Crippen LogP contribution in [0.25, 0.3) is 0 Å². The van der Waals surface area contributed by atoms with E-state index in [1.54, 1.807) is 18.9 Å². The summed E-state index contributed by atoms with van der Waals surface area (Å²) in [6, 6.07) is 15.1. The number of carbonyl (C=O) groups is 1. The lowest BCUT2D eigenvalue weighted by molar-refractivity contribution is 0.0965. The summed E-state index contributed by atoms with van der Waals surface area (Å²) in [6.07, 6.45) is 0. The van der Waals surface area contributed by atoms with Gasteiger partial charge in [0.25, 0.3) is 0 Å². The van der Waals surface area contributed by atoms with Crippen molar-refractivity contribution in [2.45, 2.75) is 12.2 Å². The summed E-state index contributed by atoms with van der Waals surface area (Å²) in [7, 11) is 1.64. The number of Topliss-reactive ketones (excluding diaryl/α,β-unsaturated/α-hetero) is 1. The van der Waals surface area contributed by atoms with Gasteiger partial charge in [0.1, 0.15) is 11.4 Å². The van der Waals surface area contributed by atoms with E-state index in [0.29, 0.717) is 17.4 Å². The molecule has 0 N–H and O–H groups in total. The first kappa shape index (κ1) is 18.0. The Kier molecular flexibility index (Phi) is 5.81. The summed E-state index contributed by atoms with van der Waals surface area (Å²) < 4.78 is 6.28. The Labute approximate surface area is 160 Å². The predicted octanol–water partition coefficient (Wildman–Crippen LogP) is 4.77. The molecule has 0 bridgehead atoms. The Bertz CT molecular complexity index is 810. The van der Waals surface area contributed by atoms with Crippen LogP contribution in [0.1, 0.15) is 17.3 Å². The minimum absolute atomic E-state index is 0.0868. The number of para-hydroxylation sites is 2. The maximum absolute atomic E-state index is 12.6. The van der Waals surface area contributed by atoms with Crippen molar-refractivity contribution in [2.75, 3.05) is 20.2 Å². The van der Waals surface area contributed by atoms with Crippen LogP contribution >= 0.6 is 27.7 Å². The first-order valence-corrected chi connectivity index (χ1v) is 9.66. The van der Waals surface area contributed by atoms with Crippen LogP contribution in [-0.4, -0.2) is 41.3 Å². The van der Waals surface area contributed by atoms with E-state index in [2.05, 4.69) is 22.9 Å². The third kappa shape index (κ3) is 4.44. The van der Waals surface area contributed by atoms with Crippen LogP contribution < -0.4 is 4.74 Å². The van der Waals surface area contributed by atoms with Crippen LogP contribution in [-0.2, 0) is 0 Å². The number of hydrogen-bond acceptors (Lipinski definition) is 4. The summed E-state index contributed by atoms with van der Waals surface area (Å²) in [5.41, 5.74) is 1.48. The molecule has 4 nitrogen and oxygen atoms in total. The van der Waals surface area contributed by atoms with Crippen molar-refractivity contribution >= 4 is 44.3 Å². The van der Waals surface area contributed by atoms with Crippen molar-refractivity contribution in [3.05, 3.63) is 58.6 Å². The lowest BCUT2D eigenvalue weighted by atomic mass is 10.1. The number of benzene rings is 2. The highest BCUT2D eigenvalue weighted by atomic mass is 79.9. The van der Waals surface area contributed by atoms with E-state index in [1.165, 1.54) is 0 Å². The van der Waals surface area contributed by atoms with Crippen LogP contribution in [0.2, 0.25) is 0 Å². The zero-order chi connectivity index (χ0) is 17.8. The van der Waals surface area contributed by atoms with Crippen molar-refractivity contribution < 1.29 is 9.53 Å². The topological polar surface area (TPSA) is 41.9 Å². The van der Waals surface area contributed by atoms with Crippen molar-refractivity contribution in [3.8, 4) is 5.75 Å². The number of halogens is 1. The van der Waals surface area contributed by atoms with Gasteiger partial charge in [-0.2, -0.15) is 0 Å². The van der Waals surface area contributed by atoms with Crippen LogP contribution in [0.5, 0.6) is 5.75 Å². The lowest BCUT2D eigenvalue weighted by Crippen LogP contribution is -2.31. The summed E-state index contributed by atoms with van der Waals surface area (Å²) in [6.45, 7) is 3.27. The molecule has 0 unspecified atom stereocenters. The second-order valence-electron chi connectivity index (χ2n) is 5.81. The highest BCUT2D eigenvalue weighted by Crippen LogP contribution is 2.32. The molecule has 2 aromatic rings. The highest BCUT2D eigenvalue weighted by Gasteiger charge is 2.28. The first-order chi connectivity index (χ1) is 12.1. The number of ketones is 1. The van der Waals surface area contributed by atoms with Crippen LogP contribution in [0.4, 0.5) is 5.69 Å². The molecule has 0 amide bonds. The third-order valence-corrected chi connectivity index (χ3v) is 5.44. The van der Waals surface area contributed by atoms with Gasteiger partial charge in [-0.1, -0.05) is 58.9 Å². The average Bonchev–Trinajstić information content (AvgIpc) is 2.94. The van der Waals surface area contributed by atoms with Crippen LogP contribution in [0.15, 0.2) is 58.0 Å². The number of amidine groups is 1. The van der Waals surface area contributed by atoms with Crippen molar-refractivity contribution in [3.63, 3.8) is 0 Å². The molecule has 3 rings (SSSR count). The Hall–Kier alpha value is -1.79. The van der Waals surface area contributed by atoms with Gasteiger partial charge in [0, 0.05) is 21.8 Å². The van der Waals surface area contributed by atoms with E-state index < -0.39 is 0 Å². The highest BCUT2D eigenvalue weighted by molar-refractivity contribution is 9.10. The number of hydrogen-bond donors (Lipinski definition) is 0. The Balaban J connectivity index is 1.82. The van der Waals surface area contributed by atoms with Gasteiger partial charge in [0.15, 0.2) is 11.0 Å². The molecule has 1 fully saturated rings. The number of nitrogens with zero attached hydrogens (tertiary/aromatic N) is 2. The van der Waals surface area contributed by atoms with Gasteiger partial charge < -0.3 is 9.64 Å². The second-order valence-corrected chi connectivity index (χ2v) is 8.13. The second kappa shape index (κ2) is 8.06. The molecule has 0 spiro atoms. The van der Waals surface area contributed by atoms with Gasteiger partial charge in [-0.05, 0) is 24.3 Å². The number of thioether (sulfide) groups is 1. The van der Waals surface area contributed by atoms with Gasteiger partial charge >= 0.3 is 0 Å². The fourth-order valence-corrected chi connectivity index (χ4v) is 4.11. The largest absolute Gasteiger partial charge is 0.494 e. The van der Waals surface area contributed by atoms with Crippen LogP contribution in [0.3, 0.4) is 0 Å². The molecule has 1 aliphatic heterocycles. The molecule has 1 aliphatic rings. The molecular formula is C19H19BrN2O2S. The zero-order valence-corrected chi connectivity index (χ0v) is 16.5. The molecule has 1 heterocycles. The van der Waals surface area contributed by atoms with E-state index in [4.69, 9.17) is 9.73 Å². The quantitative estimate of drug-likeness (QED) is 0.655. The van der Waals surface area contributed by atoms with E-state index in [-0.39, 0.29) is 5.78 Å². The van der Waals surface area contributed by atoms with Crippen molar-refractivity contribution in [1.29, 1.82) is 0 Å². The maximum Gasteiger partial charge on any atom is 0.182 e. The molecule has 0 aliphatic carbocycles. The molecular weight excluding hydrogens is 400 g/mol. The number of ether oxygens (including phenoxy) is 1. The molecule has 6 heteroatoms. The number of aliphatic imine (C=N–C) groups is 1. The molecule has 130 valence electrons. The third-order valence-electron chi connectivity index (χ3n) is 3.84. The summed E-state index contributed by atoms with van der Waals surface area (Å²) in [5, 5.41) is 1.25. The SMILES string of the molecule is COc1ccccc1N=C1S[C@@H](C)CN1CC(=O)c1cccc(Br)c1. The average molecular weight is 419 g/mol. The normalized spacial score (nSPS) is 18.6.